The van der Waals surface area contributed by atoms with Gasteiger partial charge in [-0.2, -0.15) is 0 Å². The van der Waals surface area contributed by atoms with Crippen LogP contribution in [-0.4, -0.2) is 10.7 Å². The van der Waals surface area contributed by atoms with Crippen LogP contribution in [0.3, 0.4) is 0 Å². The Bertz CT molecular complexity index is 223. The Morgan fingerprint density at radius 3 is 2.67 bits per heavy atom. The second-order valence-corrected chi connectivity index (χ2v) is 5.37. The average Bonchev–Trinajstić information content (AvgIpc) is 2.32. The number of thioether (sulfide) groups is 1. The zero-order chi connectivity index (χ0) is 8.97. The van der Waals surface area contributed by atoms with Gasteiger partial charge in [0.25, 0.3) is 0 Å². The third kappa shape index (κ3) is 2.79. The molecule has 0 saturated heterocycles. The van der Waals surface area contributed by atoms with E-state index in [1.54, 1.807) is 0 Å². The Kier molecular flexibility index (Phi) is 4.09. The van der Waals surface area contributed by atoms with E-state index < -0.39 is 0 Å². The van der Waals surface area contributed by atoms with Crippen LogP contribution in [0.4, 0.5) is 0 Å². The van der Waals surface area contributed by atoms with Crippen LogP contribution in [0, 0.1) is 13.8 Å². The highest BCUT2D eigenvalue weighted by Gasteiger charge is 2.02. The van der Waals surface area contributed by atoms with E-state index in [2.05, 4.69) is 25.8 Å². The molecule has 1 nitrogen and oxygen atoms in total. The molecular formula is C9H15NS2. The molecule has 0 aromatic carbocycles. The minimum Gasteiger partial charge on any atom is -0.235 e. The van der Waals surface area contributed by atoms with Crippen molar-refractivity contribution in [3.8, 4) is 0 Å². The lowest BCUT2D eigenvalue weighted by atomic mass is 10.4. The first-order valence-corrected chi connectivity index (χ1v) is 6.11. The molecule has 0 unspecified atom stereocenters. The monoisotopic (exact) mass is 201 g/mol. The molecule has 0 N–H and O–H groups in total. The molecule has 1 aromatic rings. The predicted molar refractivity (Wildman–Crippen MR) is 57.2 cm³/mol. The molecular weight excluding hydrogens is 186 g/mol. The van der Waals surface area contributed by atoms with Gasteiger partial charge in [-0.25, -0.2) is 4.98 Å². The van der Waals surface area contributed by atoms with Crippen molar-refractivity contribution in [3.05, 3.63) is 10.6 Å². The standard InChI is InChI=1S/C9H15NS2/c1-4-5-6-11-9-10-7(2)8(3)12-9/h4-6H2,1-3H3. The van der Waals surface area contributed by atoms with E-state index in [1.165, 1.54) is 33.5 Å². The first-order valence-electron chi connectivity index (χ1n) is 4.31. The van der Waals surface area contributed by atoms with Gasteiger partial charge in [-0.05, 0) is 20.3 Å². The van der Waals surface area contributed by atoms with Crippen molar-refractivity contribution in [3.63, 3.8) is 0 Å². The van der Waals surface area contributed by atoms with Gasteiger partial charge in [-0.1, -0.05) is 25.1 Å². The van der Waals surface area contributed by atoms with Crippen molar-refractivity contribution < 1.29 is 0 Å². The van der Waals surface area contributed by atoms with Crippen molar-refractivity contribution in [2.75, 3.05) is 5.75 Å². The first kappa shape index (κ1) is 10.1. The van der Waals surface area contributed by atoms with E-state index in [9.17, 15) is 0 Å². The van der Waals surface area contributed by atoms with E-state index in [4.69, 9.17) is 0 Å². The summed E-state index contributed by atoms with van der Waals surface area (Å²) in [5.74, 6) is 1.21. The molecule has 1 heterocycles. The second kappa shape index (κ2) is 4.87. The van der Waals surface area contributed by atoms with Gasteiger partial charge >= 0.3 is 0 Å². The average molecular weight is 201 g/mol. The second-order valence-electron chi connectivity index (χ2n) is 2.82. The number of aryl methyl sites for hydroxylation is 2. The van der Waals surface area contributed by atoms with Crippen LogP contribution in [-0.2, 0) is 0 Å². The molecule has 0 aliphatic rings. The van der Waals surface area contributed by atoms with Crippen LogP contribution in [0.1, 0.15) is 30.3 Å². The fraction of sp³-hybridized carbons (Fsp3) is 0.667. The molecule has 0 bridgehead atoms. The number of hydrogen-bond acceptors (Lipinski definition) is 3. The molecule has 0 aliphatic carbocycles. The maximum Gasteiger partial charge on any atom is 0.150 e. The Morgan fingerprint density at radius 2 is 2.17 bits per heavy atom. The van der Waals surface area contributed by atoms with E-state index in [0.29, 0.717) is 0 Å². The van der Waals surface area contributed by atoms with Crippen molar-refractivity contribution in [1.82, 2.24) is 4.98 Å². The Morgan fingerprint density at radius 1 is 1.42 bits per heavy atom. The van der Waals surface area contributed by atoms with Crippen molar-refractivity contribution in [2.24, 2.45) is 0 Å². The summed E-state index contributed by atoms with van der Waals surface area (Å²) in [5, 5.41) is 0. The lowest BCUT2D eigenvalue weighted by Crippen LogP contribution is -1.77. The Balaban J connectivity index is 2.42. The van der Waals surface area contributed by atoms with Crippen LogP contribution in [0.15, 0.2) is 4.34 Å². The summed E-state index contributed by atoms with van der Waals surface area (Å²) in [6.07, 6.45) is 2.57. The number of nitrogens with zero attached hydrogens (tertiary/aromatic N) is 1. The molecule has 1 rings (SSSR count). The van der Waals surface area contributed by atoms with Gasteiger partial charge in [0.15, 0.2) is 0 Å². The third-order valence-corrected chi connectivity index (χ3v) is 4.03. The molecule has 0 atom stereocenters. The maximum atomic E-state index is 4.46. The smallest absolute Gasteiger partial charge is 0.150 e. The highest BCUT2D eigenvalue weighted by atomic mass is 32.2. The highest BCUT2D eigenvalue weighted by Crippen LogP contribution is 2.26. The quantitative estimate of drug-likeness (QED) is 0.545. The minimum absolute atomic E-state index is 1.19. The summed E-state index contributed by atoms with van der Waals surface area (Å²) in [5.41, 5.74) is 1.19. The molecule has 0 fully saturated rings. The van der Waals surface area contributed by atoms with Gasteiger partial charge in [0.05, 0.1) is 5.69 Å². The van der Waals surface area contributed by atoms with Crippen LogP contribution >= 0.6 is 23.1 Å². The summed E-state index contributed by atoms with van der Waals surface area (Å²) in [7, 11) is 0. The zero-order valence-corrected chi connectivity index (χ0v) is 9.52. The normalized spacial score (nSPS) is 10.6. The van der Waals surface area contributed by atoms with Gasteiger partial charge in [-0.15, -0.1) is 11.3 Å². The van der Waals surface area contributed by atoms with Crippen LogP contribution in [0.2, 0.25) is 0 Å². The number of unbranched alkanes of at least 4 members (excludes halogenated alkanes) is 1. The molecule has 0 aliphatic heterocycles. The van der Waals surface area contributed by atoms with Gasteiger partial charge < -0.3 is 0 Å². The molecule has 3 heteroatoms. The number of thiazole rings is 1. The lowest BCUT2D eigenvalue weighted by Gasteiger charge is -1.92. The van der Waals surface area contributed by atoms with E-state index in [1.807, 2.05) is 23.1 Å². The Labute approximate surface area is 82.6 Å². The first-order chi connectivity index (χ1) is 5.74. The van der Waals surface area contributed by atoms with Gasteiger partial charge in [0, 0.05) is 10.6 Å². The summed E-state index contributed by atoms with van der Waals surface area (Å²) >= 11 is 3.70. The highest BCUT2D eigenvalue weighted by molar-refractivity contribution is 8.01. The van der Waals surface area contributed by atoms with Gasteiger partial charge in [-0.3, -0.25) is 0 Å². The van der Waals surface area contributed by atoms with E-state index >= 15 is 0 Å². The largest absolute Gasteiger partial charge is 0.235 e. The molecule has 0 amide bonds. The van der Waals surface area contributed by atoms with Gasteiger partial charge in [0.2, 0.25) is 0 Å². The lowest BCUT2D eigenvalue weighted by molar-refractivity contribution is 0.895. The molecule has 12 heavy (non-hydrogen) atoms. The van der Waals surface area contributed by atoms with Crippen molar-refractivity contribution >= 4 is 23.1 Å². The van der Waals surface area contributed by atoms with E-state index in [-0.39, 0.29) is 0 Å². The Hall–Kier alpha value is -0.0200. The molecule has 0 saturated carbocycles. The fourth-order valence-corrected chi connectivity index (χ4v) is 3.12. The van der Waals surface area contributed by atoms with Crippen LogP contribution in [0.25, 0.3) is 0 Å². The summed E-state index contributed by atoms with van der Waals surface area (Å²) in [6, 6.07) is 0. The van der Waals surface area contributed by atoms with E-state index in [0.717, 1.165) is 0 Å². The molecule has 0 radical (unpaired) electrons. The SMILES string of the molecule is CCCCSc1nc(C)c(C)s1. The minimum atomic E-state index is 1.19. The summed E-state index contributed by atoms with van der Waals surface area (Å²) in [4.78, 5) is 5.82. The molecule has 1 aromatic heterocycles. The zero-order valence-electron chi connectivity index (χ0n) is 7.89. The van der Waals surface area contributed by atoms with Gasteiger partial charge in [0.1, 0.15) is 4.34 Å². The topological polar surface area (TPSA) is 12.9 Å². The van der Waals surface area contributed by atoms with Crippen molar-refractivity contribution in [2.45, 2.75) is 38.0 Å². The van der Waals surface area contributed by atoms with Crippen LogP contribution in [0.5, 0.6) is 0 Å². The number of rotatable bonds is 4. The summed E-state index contributed by atoms with van der Waals surface area (Å²) < 4.78 is 1.23. The number of hydrogen-bond donors (Lipinski definition) is 0. The van der Waals surface area contributed by atoms with Crippen molar-refractivity contribution in [1.29, 1.82) is 0 Å². The molecule has 0 spiro atoms. The summed E-state index contributed by atoms with van der Waals surface area (Å²) in [6.45, 7) is 6.44. The van der Waals surface area contributed by atoms with Crippen LogP contribution < -0.4 is 0 Å². The number of aromatic nitrogens is 1. The third-order valence-electron chi connectivity index (χ3n) is 1.73. The fourth-order valence-electron chi connectivity index (χ4n) is 0.809. The maximum absolute atomic E-state index is 4.46. The predicted octanol–water partition coefficient (Wildman–Crippen LogP) is 3.65. The molecule has 68 valence electrons.